The zero-order valence-electron chi connectivity index (χ0n) is 21.3. The van der Waals surface area contributed by atoms with E-state index in [0.29, 0.717) is 29.1 Å². The Balaban J connectivity index is 1.62. The number of allylic oxidation sites excluding steroid dienone is 4. The fraction of sp³-hybridized carbons (Fsp3) is 0.517. The van der Waals surface area contributed by atoms with Gasteiger partial charge in [-0.15, -0.1) is 0 Å². The summed E-state index contributed by atoms with van der Waals surface area (Å²) >= 11 is 10.3. The van der Waals surface area contributed by atoms with Crippen LogP contribution in [0.25, 0.3) is 17.0 Å². The van der Waals surface area contributed by atoms with Crippen LogP contribution in [0, 0.1) is 17.8 Å². The third-order valence-corrected chi connectivity index (χ3v) is 8.40. The molecule has 0 saturated carbocycles. The molecule has 1 N–H and O–H groups in total. The Morgan fingerprint density at radius 3 is 2.74 bits per heavy atom. The molecule has 1 aromatic heterocycles. The predicted octanol–water partition coefficient (Wildman–Crippen LogP) is 8.00. The molecule has 2 aromatic rings. The van der Waals surface area contributed by atoms with E-state index in [-0.39, 0.29) is 5.91 Å². The lowest BCUT2D eigenvalue weighted by Gasteiger charge is -2.22. The highest BCUT2D eigenvalue weighted by Crippen LogP contribution is 2.40. The van der Waals surface area contributed by atoms with E-state index in [0.717, 1.165) is 58.6 Å². The zero-order chi connectivity index (χ0) is 25.1. The number of nitrogens with one attached hydrogen (secondary N) is 1. The van der Waals surface area contributed by atoms with Crippen LogP contribution in [0.15, 0.2) is 39.9 Å². The molecule has 0 saturated heterocycles. The Labute approximate surface area is 223 Å². The molecule has 0 bridgehead atoms. The fourth-order valence-electron chi connectivity index (χ4n) is 5.24. The summed E-state index contributed by atoms with van der Waals surface area (Å²) in [4.78, 5) is 13.4. The Kier molecular flexibility index (Phi) is 8.59. The maximum Gasteiger partial charge on any atom is 0.272 e. The number of fused-ring (bicyclic) bond motifs is 3. The van der Waals surface area contributed by atoms with Gasteiger partial charge >= 0.3 is 0 Å². The minimum atomic E-state index is -0.0835. The van der Waals surface area contributed by atoms with Gasteiger partial charge in [0.15, 0.2) is 5.69 Å². The zero-order valence-corrected chi connectivity index (χ0v) is 23.7. The number of amides is 1. The molecule has 2 aliphatic rings. The second kappa shape index (κ2) is 11.5. The van der Waals surface area contributed by atoms with Gasteiger partial charge in [-0.1, -0.05) is 92.7 Å². The number of nitrogens with zero attached hydrogens (tertiary/aromatic N) is 2. The summed E-state index contributed by atoms with van der Waals surface area (Å²) in [6, 6.07) is 6.36. The van der Waals surface area contributed by atoms with E-state index in [1.807, 2.05) is 4.68 Å². The van der Waals surface area contributed by atoms with Gasteiger partial charge < -0.3 is 5.32 Å². The summed E-state index contributed by atoms with van der Waals surface area (Å²) in [5, 5.41) is 8.77. The van der Waals surface area contributed by atoms with Gasteiger partial charge in [0.2, 0.25) is 0 Å². The van der Waals surface area contributed by atoms with E-state index in [9.17, 15) is 4.79 Å². The van der Waals surface area contributed by atoms with Crippen molar-refractivity contribution in [2.75, 3.05) is 6.54 Å². The summed E-state index contributed by atoms with van der Waals surface area (Å²) in [6.45, 7) is 9.58. The predicted molar refractivity (Wildman–Crippen MR) is 150 cm³/mol. The van der Waals surface area contributed by atoms with E-state index in [1.165, 1.54) is 24.8 Å². The molecular weight excluding hydrogens is 522 g/mol. The molecule has 35 heavy (non-hydrogen) atoms. The van der Waals surface area contributed by atoms with Gasteiger partial charge in [-0.05, 0) is 61.1 Å². The van der Waals surface area contributed by atoms with Crippen molar-refractivity contribution < 1.29 is 4.79 Å². The molecule has 1 heterocycles. The van der Waals surface area contributed by atoms with Crippen LogP contribution < -0.4 is 5.32 Å². The molecule has 0 aliphatic heterocycles. The highest BCUT2D eigenvalue weighted by Gasteiger charge is 2.30. The Hall–Kier alpha value is -1.85. The molecule has 0 radical (unpaired) electrons. The molecule has 2 aliphatic carbocycles. The largest absolute Gasteiger partial charge is 0.350 e. The summed E-state index contributed by atoms with van der Waals surface area (Å²) in [7, 11) is 0. The lowest BCUT2D eigenvalue weighted by Crippen LogP contribution is -2.29. The highest BCUT2D eigenvalue weighted by atomic mass is 79.9. The maximum atomic E-state index is 13.4. The van der Waals surface area contributed by atoms with Gasteiger partial charge in [0.25, 0.3) is 5.91 Å². The molecule has 1 amide bonds. The first-order chi connectivity index (χ1) is 16.8. The average Bonchev–Trinajstić information content (AvgIpc) is 3.22. The number of aryl methyl sites for hydroxylation is 1. The first kappa shape index (κ1) is 26.2. The van der Waals surface area contributed by atoms with Crippen molar-refractivity contribution >= 4 is 39.1 Å². The summed E-state index contributed by atoms with van der Waals surface area (Å²) < 4.78 is 2.98. The second-order valence-corrected chi connectivity index (χ2v) is 11.6. The number of hydrogen-bond acceptors (Lipinski definition) is 2. The number of halogens is 2. The number of carbonyl (C=O) groups excluding carboxylic acids is 1. The van der Waals surface area contributed by atoms with Crippen molar-refractivity contribution in [2.45, 2.75) is 72.6 Å². The van der Waals surface area contributed by atoms with Crippen LogP contribution >= 0.6 is 27.5 Å². The summed E-state index contributed by atoms with van der Waals surface area (Å²) in [5.41, 5.74) is 5.81. The maximum absolute atomic E-state index is 13.4. The van der Waals surface area contributed by atoms with E-state index < -0.39 is 0 Å². The number of rotatable bonds is 9. The molecule has 6 heteroatoms. The van der Waals surface area contributed by atoms with Gasteiger partial charge in [-0.3, -0.25) is 4.79 Å². The number of benzene rings is 1. The standard InChI is InChI=1S/C29H37BrClN3O/c1-5-20(6-2)9-7-19(4)17-32-29(35)27-24-12-10-21-16-22(30)11-13-23(21)28(24)34(33-27)26-14-8-18(3)15-25(26)31/h11,13-16,18-20H,5-10,12,17H2,1-4H3,(H,32,35). The first-order valence-corrected chi connectivity index (χ1v) is 14.3. The van der Waals surface area contributed by atoms with Gasteiger partial charge in [-0.2, -0.15) is 5.10 Å². The topological polar surface area (TPSA) is 46.9 Å². The normalized spacial score (nSPS) is 18.0. The molecule has 0 spiro atoms. The summed E-state index contributed by atoms with van der Waals surface area (Å²) in [6.07, 6.45) is 11.6. The van der Waals surface area contributed by atoms with Crippen molar-refractivity contribution in [1.29, 1.82) is 0 Å². The molecule has 4 rings (SSSR count). The van der Waals surface area contributed by atoms with Gasteiger partial charge in [0.05, 0.1) is 16.4 Å². The van der Waals surface area contributed by atoms with E-state index in [4.69, 9.17) is 16.7 Å². The molecule has 4 nitrogen and oxygen atoms in total. The molecular formula is C29H37BrClN3O. The number of hydrogen-bond donors (Lipinski definition) is 1. The lowest BCUT2D eigenvalue weighted by atomic mass is 9.88. The molecule has 188 valence electrons. The van der Waals surface area contributed by atoms with Crippen molar-refractivity contribution in [2.24, 2.45) is 17.8 Å². The van der Waals surface area contributed by atoms with Crippen LogP contribution in [-0.4, -0.2) is 22.2 Å². The van der Waals surface area contributed by atoms with Crippen molar-refractivity contribution in [3.63, 3.8) is 0 Å². The van der Waals surface area contributed by atoms with Crippen LogP contribution in [0.5, 0.6) is 0 Å². The van der Waals surface area contributed by atoms with Crippen molar-refractivity contribution in [1.82, 2.24) is 15.1 Å². The van der Waals surface area contributed by atoms with Crippen molar-refractivity contribution in [3.8, 4) is 11.3 Å². The van der Waals surface area contributed by atoms with Gasteiger partial charge in [-0.25, -0.2) is 4.68 Å². The van der Waals surface area contributed by atoms with Crippen LogP contribution in [0.3, 0.4) is 0 Å². The van der Waals surface area contributed by atoms with Crippen LogP contribution in [0.4, 0.5) is 0 Å². The Morgan fingerprint density at radius 1 is 1.26 bits per heavy atom. The SMILES string of the molecule is CCC(CC)CCC(C)CNC(=O)c1nn(C2=CCC(C)C=C2Cl)c2c1CCc1cc(Br)ccc1-2. The number of aromatic nitrogens is 2. The first-order valence-electron chi connectivity index (χ1n) is 13.1. The highest BCUT2D eigenvalue weighted by molar-refractivity contribution is 9.10. The lowest BCUT2D eigenvalue weighted by molar-refractivity contribution is 0.0940. The van der Waals surface area contributed by atoms with E-state index >= 15 is 0 Å². The number of carbonyl (C=O) groups is 1. The second-order valence-electron chi connectivity index (χ2n) is 10.3. The van der Waals surface area contributed by atoms with E-state index in [2.05, 4.69) is 79.3 Å². The minimum Gasteiger partial charge on any atom is -0.350 e. The summed E-state index contributed by atoms with van der Waals surface area (Å²) in [5.74, 6) is 1.53. The Bertz CT molecular complexity index is 1150. The van der Waals surface area contributed by atoms with Crippen LogP contribution in [0.1, 0.15) is 81.4 Å². The molecule has 2 atom stereocenters. The van der Waals surface area contributed by atoms with Gasteiger partial charge in [0, 0.05) is 22.1 Å². The average molecular weight is 559 g/mol. The van der Waals surface area contributed by atoms with Gasteiger partial charge in [0.1, 0.15) is 0 Å². The monoisotopic (exact) mass is 557 g/mol. The van der Waals surface area contributed by atoms with Crippen LogP contribution in [0.2, 0.25) is 0 Å². The smallest absolute Gasteiger partial charge is 0.272 e. The molecule has 0 fully saturated rings. The molecule has 2 unspecified atom stereocenters. The van der Waals surface area contributed by atoms with Crippen LogP contribution in [-0.2, 0) is 12.8 Å². The van der Waals surface area contributed by atoms with E-state index in [1.54, 1.807) is 0 Å². The van der Waals surface area contributed by atoms with Crippen molar-refractivity contribution in [3.05, 3.63) is 56.7 Å². The quantitative estimate of drug-likeness (QED) is 0.339. The fourth-order valence-corrected chi connectivity index (χ4v) is 6.02. The third kappa shape index (κ3) is 5.77. The third-order valence-electron chi connectivity index (χ3n) is 7.59. The molecule has 1 aromatic carbocycles. The minimum absolute atomic E-state index is 0.0835. The Morgan fingerprint density at radius 2 is 2.03 bits per heavy atom.